The van der Waals surface area contributed by atoms with E-state index in [1.807, 2.05) is 70.6 Å². The molecule has 0 radical (unpaired) electrons. The largest absolute Gasteiger partial charge is 0.347 e. The number of para-hydroxylation sites is 2. The Morgan fingerprint density at radius 2 is 1.55 bits per heavy atom. The highest BCUT2D eigenvalue weighted by Gasteiger charge is 2.74. The van der Waals surface area contributed by atoms with Gasteiger partial charge >= 0.3 is 6.03 Å². The summed E-state index contributed by atoms with van der Waals surface area (Å²) in [5.41, 5.74) is 2.10. The zero-order chi connectivity index (χ0) is 20.0. The van der Waals surface area contributed by atoms with Crippen molar-refractivity contribution in [1.82, 2.24) is 5.01 Å². The zero-order valence-corrected chi connectivity index (χ0v) is 17.2. The Balaban J connectivity index is 1.50. The molecule has 2 bridgehead atoms. The first kappa shape index (κ1) is 17.5. The molecule has 5 unspecified atom stereocenters. The number of anilines is 2. The number of hydrazine groups is 1. The van der Waals surface area contributed by atoms with Crippen molar-refractivity contribution in [2.45, 2.75) is 52.1 Å². The van der Waals surface area contributed by atoms with E-state index in [1.54, 1.807) is 0 Å². The molecule has 2 aliphatic heterocycles. The lowest BCUT2D eigenvalue weighted by atomic mass is 9.70. The predicted molar refractivity (Wildman–Crippen MR) is 112 cm³/mol. The van der Waals surface area contributed by atoms with Gasteiger partial charge < -0.3 is 4.74 Å². The van der Waals surface area contributed by atoms with Gasteiger partial charge in [-0.05, 0) is 48.4 Å². The molecule has 2 aromatic rings. The fourth-order valence-corrected chi connectivity index (χ4v) is 6.50. The van der Waals surface area contributed by atoms with Gasteiger partial charge in [-0.3, -0.25) is 4.90 Å². The molecule has 29 heavy (non-hydrogen) atoms. The average Bonchev–Trinajstić information content (AvgIpc) is 3.35. The minimum absolute atomic E-state index is 0.0448. The van der Waals surface area contributed by atoms with E-state index in [0.717, 1.165) is 11.4 Å². The van der Waals surface area contributed by atoms with Gasteiger partial charge in [0.05, 0.1) is 17.8 Å². The number of nitrogens with zero attached hydrogens (tertiary/aromatic N) is 3. The van der Waals surface area contributed by atoms with E-state index in [0.29, 0.717) is 5.92 Å². The summed E-state index contributed by atoms with van der Waals surface area (Å²) in [4.78, 5) is 15.5. The number of amides is 2. The second-order valence-electron chi connectivity index (χ2n) is 9.67. The Labute approximate surface area is 171 Å². The smallest absolute Gasteiger partial charge is 0.337 e. The van der Waals surface area contributed by atoms with Crippen LogP contribution in [0.1, 0.15) is 33.6 Å². The van der Waals surface area contributed by atoms with Crippen LogP contribution >= 0.6 is 0 Å². The highest BCUT2D eigenvalue weighted by Crippen LogP contribution is 2.69. The number of fused-ring (bicyclic) bond motifs is 7. The number of urea groups is 1. The lowest BCUT2D eigenvalue weighted by Gasteiger charge is -2.38. The topological polar surface area (TPSA) is 36.0 Å². The number of hydrogen-bond donors (Lipinski definition) is 0. The van der Waals surface area contributed by atoms with Crippen LogP contribution in [0.3, 0.4) is 0 Å². The van der Waals surface area contributed by atoms with Crippen molar-refractivity contribution in [2.75, 3.05) is 9.91 Å². The van der Waals surface area contributed by atoms with Crippen LogP contribution in [0, 0.1) is 16.7 Å². The van der Waals surface area contributed by atoms with Gasteiger partial charge in [-0.25, -0.2) is 9.80 Å². The van der Waals surface area contributed by atoms with Gasteiger partial charge in [-0.15, -0.1) is 0 Å². The monoisotopic (exact) mass is 389 g/mol. The van der Waals surface area contributed by atoms with Crippen LogP contribution in [-0.2, 0) is 4.74 Å². The molecule has 0 aromatic heterocycles. The summed E-state index contributed by atoms with van der Waals surface area (Å²) in [6, 6.07) is 20.1. The van der Waals surface area contributed by atoms with Gasteiger partial charge in [0.25, 0.3) is 0 Å². The Morgan fingerprint density at radius 1 is 0.931 bits per heavy atom. The van der Waals surface area contributed by atoms with Crippen LogP contribution in [0.25, 0.3) is 0 Å². The molecule has 2 saturated carbocycles. The summed E-state index contributed by atoms with van der Waals surface area (Å²) < 4.78 is 6.76. The van der Waals surface area contributed by atoms with Crippen LogP contribution in [-0.4, -0.2) is 29.5 Å². The number of carbonyl (C=O) groups excluding carboxylic acids is 1. The third-order valence-electron chi connectivity index (χ3n) is 8.40. The average molecular weight is 389 g/mol. The van der Waals surface area contributed by atoms with Crippen LogP contribution in [0.4, 0.5) is 16.2 Å². The molecule has 0 N–H and O–H groups in total. The van der Waals surface area contributed by atoms with E-state index in [1.165, 1.54) is 12.8 Å². The predicted octanol–water partition coefficient (Wildman–Crippen LogP) is 4.86. The lowest BCUT2D eigenvalue weighted by Crippen LogP contribution is -2.50. The second-order valence-corrected chi connectivity index (χ2v) is 9.67. The Hall–Kier alpha value is -2.37. The highest BCUT2D eigenvalue weighted by atomic mass is 16.6. The summed E-state index contributed by atoms with van der Waals surface area (Å²) in [5, 5.41) is 4.11. The van der Waals surface area contributed by atoms with Gasteiger partial charge in [0.15, 0.2) is 0 Å². The standard InChI is InChI=1S/C24H27N3O2/c1-23(2)18-14-15-24(23,3)20-19(18)27-22(29-20)25(16-10-6-4-7-11-16)21(28)26(27)17-12-8-5-9-13-17/h4-13,18-20,22H,14-15H2,1-3H3. The summed E-state index contributed by atoms with van der Waals surface area (Å²) in [5.74, 6) is 0.511. The zero-order valence-electron chi connectivity index (χ0n) is 17.2. The summed E-state index contributed by atoms with van der Waals surface area (Å²) in [7, 11) is 0. The van der Waals surface area contributed by atoms with Crippen LogP contribution in [0.2, 0.25) is 0 Å². The van der Waals surface area contributed by atoms with Gasteiger partial charge in [-0.1, -0.05) is 57.2 Å². The molecule has 2 aliphatic carbocycles. The number of carbonyl (C=O) groups is 1. The van der Waals surface area contributed by atoms with Gasteiger partial charge in [0.2, 0.25) is 6.35 Å². The minimum atomic E-state index is -0.392. The molecule has 4 aliphatic rings. The van der Waals surface area contributed by atoms with Crippen molar-refractivity contribution < 1.29 is 9.53 Å². The molecule has 2 aromatic carbocycles. The van der Waals surface area contributed by atoms with E-state index < -0.39 is 6.35 Å². The maximum Gasteiger partial charge on any atom is 0.347 e. The Bertz CT molecular complexity index is 963. The van der Waals surface area contributed by atoms with Crippen molar-refractivity contribution in [3.05, 3.63) is 60.7 Å². The fraction of sp³-hybridized carbons (Fsp3) is 0.458. The lowest BCUT2D eigenvalue weighted by molar-refractivity contribution is -0.0616. The van der Waals surface area contributed by atoms with Crippen LogP contribution in [0.5, 0.6) is 0 Å². The molecule has 2 heterocycles. The maximum absolute atomic E-state index is 13.7. The van der Waals surface area contributed by atoms with E-state index >= 15 is 0 Å². The SMILES string of the molecule is CC1(C)C2CCC1(C)C1OC3N(c4ccccc4)C(=O)N(c4ccccc4)N3C21. The Morgan fingerprint density at radius 3 is 2.21 bits per heavy atom. The first-order valence-corrected chi connectivity index (χ1v) is 10.6. The van der Waals surface area contributed by atoms with Crippen molar-refractivity contribution in [2.24, 2.45) is 16.7 Å². The first-order valence-electron chi connectivity index (χ1n) is 10.6. The van der Waals surface area contributed by atoms with Crippen molar-refractivity contribution in [1.29, 1.82) is 0 Å². The van der Waals surface area contributed by atoms with Gasteiger partial charge in [0.1, 0.15) is 0 Å². The maximum atomic E-state index is 13.7. The second kappa shape index (κ2) is 5.61. The molecule has 5 heteroatoms. The van der Waals surface area contributed by atoms with Gasteiger partial charge in [0, 0.05) is 11.1 Å². The van der Waals surface area contributed by atoms with E-state index in [4.69, 9.17) is 4.74 Å². The number of rotatable bonds is 2. The molecule has 2 amide bonds. The normalized spacial score (nSPS) is 37.3. The van der Waals surface area contributed by atoms with E-state index in [2.05, 4.69) is 25.8 Å². The molecule has 5 nitrogen and oxygen atoms in total. The molecule has 0 spiro atoms. The van der Waals surface area contributed by atoms with E-state index in [-0.39, 0.29) is 29.0 Å². The number of ether oxygens (including phenoxy) is 1. The molecule has 6 rings (SSSR count). The van der Waals surface area contributed by atoms with E-state index in [9.17, 15) is 4.79 Å². The molecule has 150 valence electrons. The summed E-state index contributed by atoms with van der Waals surface area (Å²) in [6.07, 6.45) is 2.12. The Kier molecular flexibility index (Phi) is 3.38. The third-order valence-corrected chi connectivity index (χ3v) is 8.40. The number of benzene rings is 2. The number of hydrogen-bond acceptors (Lipinski definition) is 3. The third kappa shape index (κ3) is 2.00. The summed E-state index contributed by atoms with van der Waals surface area (Å²) >= 11 is 0. The molecular formula is C24H27N3O2. The molecule has 4 fully saturated rings. The summed E-state index contributed by atoms with van der Waals surface area (Å²) in [6.45, 7) is 7.17. The molecular weight excluding hydrogens is 362 g/mol. The van der Waals surface area contributed by atoms with Crippen molar-refractivity contribution in [3.63, 3.8) is 0 Å². The first-order chi connectivity index (χ1) is 13.9. The van der Waals surface area contributed by atoms with Gasteiger partial charge in [-0.2, -0.15) is 5.01 Å². The quantitative estimate of drug-likeness (QED) is 0.736. The van der Waals surface area contributed by atoms with Crippen molar-refractivity contribution in [3.8, 4) is 0 Å². The van der Waals surface area contributed by atoms with Crippen molar-refractivity contribution >= 4 is 17.4 Å². The van der Waals surface area contributed by atoms with Crippen LogP contribution in [0.15, 0.2) is 60.7 Å². The molecule has 2 saturated heterocycles. The fourth-order valence-electron chi connectivity index (χ4n) is 6.50. The molecule has 5 atom stereocenters. The van der Waals surface area contributed by atoms with Crippen LogP contribution < -0.4 is 9.91 Å². The highest BCUT2D eigenvalue weighted by molar-refractivity contribution is 6.05. The minimum Gasteiger partial charge on any atom is -0.337 e.